The third kappa shape index (κ3) is 3.45. The summed E-state index contributed by atoms with van der Waals surface area (Å²) in [4.78, 5) is 0.259. The summed E-state index contributed by atoms with van der Waals surface area (Å²) in [6.45, 7) is 1.84. The lowest BCUT2D eigenvalue weighted by molar-refractivity contribution is 0.398. The van der Waals surface area contributed by atoms with Crippen LogP contribution in [0.15, 0.2) is 57.9 Å². The lowest BCUT2D eigenvalue weighted by Crippen LogP contribution is -2.29. The van der Waals surface area contributed by atoms with Crippen molar-refractivity contribution in [2.24, 2.45) is 0 Å². The van der Waals surface area contributed by atoms with Crippen molar-refractivity contribution in [2.45, 2.75) is 17.9 Å². The van der Waals surface area contributed by atoms with Crippen molar-refractivity contribution >= 4 is 31.6 Å². The number of hydrogen-bond donors (Lipinski definition) is 1. The second kappa shape index (κ2) is 6.17. The van der Waals surface area contributed by atoms with Crippen LogP contribution in [0, 0.1) is 0 Å². The molecule has 0 heterocycles. The summed E-state index contributed by atoms with van der Waals surface area (Å²) in [7, 11) is -1.99. The van der Waals surface area contributed by atoms with E-state index in [4.69, 9.17) is 5.73 Å². The Morgan fingerprint density at radius 2 is 1.81 bits per heavy atom. The number of rotatable bonds is 4. The van der Waals surface area contributed by atoms with Gasteiger partial charge in [0, 0.05) is 23.2 Å². The fraction of sp³-hybridized carbons (Fsp3) is 0.200. The van der Waals surface area contributed by atoms with Crippen LogP contribution in [0.2, 0.25) is 0 Å². The van der Waals surface area contributed by atoms with Gasteiger partial charge in [0.1, 0.15) is 0 Å². The molecule has 112 valence electrons. The maximum Gasteiger partial charge on any atom is 0.243 e. The fourth-order valence-corrected chi connectivity index (χ4v) is 3.98. The molecule has 1 unspecified atom stereocenters. The molecule has 0 aliphatic heterocycles. The van der Waals surface area contributed by atoms with Crippen LogP contribution < -0.4 is 5.73 Å². The number of halogens is 1. The normalized spacial score (nSPS) is 13.3. The molecule has 2 N–H and O–H groups in total. The molecule has 0 spiro atoms. The predicted molar refractivity (Wildman–Crippen MR) is 88.4 cm³/mol. The standard InChI is InChI=1S/C15H17BrN2O2S/c1-11(12-5-3-7-14(17)9-12)18(2)21(19,20)15-8-4-6-13(16)10-15/h3-11H,17H2,1-2H3. The molecule has 2 aromatic rings. The Hall–Kier alpha value is -1.37. The maximum absolute atomic E-state index is 12.7. The van der Waals surface area contributed by atoms with E-state index in [1.54, 1.807) is 43.4 Å². The van der Waals surface area contributed by atoms with E-state index in [2.05, 4.69) is 15.9 Å². The van der Waals surface area contributed by atoms with Gasteiger partial charge >= 0.3 is 0 Å². The predicted octanol–water partition coefficient (Wildman–Crippen LogP) is 3.41. The minimum Gasteiger partial charge on any atom is -0.399 e. The quantitative estimate of drug-likeness (QED) is 0.840. The molecule has 0 fully saturated rings. The molecule has 0 aromatic heterocycles. The highest BCUT2D eigenvalue weighted by Crippen LogP contribution is 2.27. The van der Waals surface area contributed by atoms with Crippen LogP contribution in [-0.2, 0) is 10.0 Å². The van der Waals surface area contributed by atoms with Gasteiger partial charge in [-0.25, -0.2) is 8.42 Å². The number of nitrogens with two attached hydrogens (primary N) is 1. The first kappa shape index (κ1) is 16.0. The smallest absolute Gasteiger partial charge is 0.243 e. The SMILES string of the molecule is CC(c1cccc(N)c1)N(C)S(=O)(=O)c1cccc(Br)c1. The van der Waals surface area contributed by atoms with Crippen LogP contribution in [-0.4, -0.2) is 19.8 Å². The number of nitrogen functional groups attached to an aromatic ring is 1. The van der Waals surface area contributed by atoms with Gasteiger partial charge in [0.25, 0.3) is 0 Å². The van der Waals surface area contributed by atoms with Crippen molar-refractivity contribution < 1.29 is 8.42 Å². The van der Waals surface area contributed by atoms with Crippen molar-refractivity contribution in [3.63, 3.8) is 0 Å². The molecule has 0 saturated carbocycles. The summed E-state index contributed by atoms with van der Waals surface area (Å²) < 4.78 is 27.4. The summed E-state index contributed by atoms with van der Waals surface area (Å²) in [5.41, 5.74) is 7.24. The van der Waals surface area contributed by atoms with Crippen molar-refractivity contribution in [1.82, 2.24) is 4.31 Å². The largest absolute Gasteiger partial charge is 0.399 e. The Kier molecular flexibility index (Phi) is 4.70. The third-order valence-corrected chi connectivity index (χ3v) is 5.83. The molecule has 0 aliphatic rings. The first-order valence-electron chi connectivity index (χ1n) is 6.41. The summed E-state index contributed by atoms with van der Waals surface area (Å²) in [5.74, 6) is 0. The average molecular weight is 369 g/mol. The van der Waals surface area contributed by atoms with Gasteiger partial charge in [-0.15, -0.1) is 0 Å². The van der Waals surface area contributed by atoms with Crippen LogP contribution >= 0.6 is 15.9 Å². The third-order valence-electron chi connectivity index (χ3n) is 3.41. The lowest BCUT2D eigenvalue weighted by Gasteiger charge is -2.25. The number of nitrogens with zero attached hydrogens (tertiary/aromatic N) is 1. The van der Waals surface area contributed by atoms with E-state index in [1.807, 2.05) is 19.1 Å². The fourth-order valence-electron chi connectivity index (χ4n) is 2.03. The summed E-state index contributed by atoms with van der Waals surface area (Å²) >= 11 is 3.30. The topological polar surface area (TPSA) is 63.4 Å². The molecule has 1 atom stereocenters. The van der Waals surface area contributed by atoms with E-state index in [9.17, 15) is 8.42 Å². The van der Waals surface area contributed by atoms with Crippen LogP contribution in [0.1, 0.15) is 18.5 Å². The van der Waals surface area contributed by atoms with Gasteiger partial charge in [-0.05, 0) is 42.8 Å². The molecular formula is C15H17BrN2O2S. The maximum atomic E-state index is 12.7. The van der Waals surface area contributed by atoms with Crippen molar-refractivity contribution in [2.75, 3.05) is 12.8 Å². The number of sulfonamides is 1. The Morgan fingerprint density at radius 3 is 2.43 bits per heavy atom. The van der Waals surface area contributed by atoms with E-state index in [0.717, 1.165) is 10.0 Å². The van der Waals surface area contributed by atoms with Gasteiger partial charge in [-0.1, -0.05) is 34.1 Å². The zero-order chi connectivity index (χ0) is 15.6. The van der Waals surface area contributed by atoms with Gasteiger partial charge in [-0.3, -0.25) is 0 Å². The Labute approximate surface area is 133 Å². The van der Waals surface area contributed by atoms with Gasteiger partial charge in [0.15, 0.2) is 0 Å². The zero-order valence-corrected chi connectivity index (χ0v) is 14.2. The molecule has 2 rings (SSSR count). The molecule has 0 amide bonds. The molecule has 21 heavy (non-hydrogen) atoms. The highest BCUT2D eigenvalue weighted by Gasteiger charge is 2.26. The van der Waals surface area contributed by atoms with E-state index in [-0.39, 0.29) is 10.9 Å². The lowest BCUT2D eigenvalue weighted by atomic mass is 10.1. The Balaban J connectivity index is 2.36. The van der Waals surface area contributed by atoms with Gasteiger partial charge in [0.05, 0.1) is 4.90 Å². The monoisotopic (exact) mass is 368 g/mol. The molecule has 4 nitrogen and oxygen atoms in total. The van der Waals surface area contributed by atoms with Gasteiger partial charge in [-0.2, -0.15) is 4.31 Å². The minimum absolute atomic E-state index is 0.259. The van der Waals surface area contributed by atoms with Crippen LogP contribution in [0.5, 0.6) is 0 Å². The molecule has 2 aromatic carbocycles. The summed E-state index contributed by atoms with van der Waals surface area (Å²) in [6, 6.07) is 13.6. The minimum atomic E-state index is -3.56. The first-order chi connectivity index (χ1) is 9.82. The molecule has 0 aliphatic carbocycles. The molecule has 0 saturated heterocycles. The molecule has 6 heteroatoms. The first-order valence-corrected chi connectivity index (χ1v) is 8.64. The van der Waals surface area contributed by atoms with Crippen LogP contribution in [0.3, 0.4) is 0 Å². The van der Waals surface area contributed by atoms with Crippen molar-refractivity contribution in [1.29, 1.82) is 0 Å². The zero-order valence-electron chi connectivity index (χ0n) is 11.8. The van der Waals surface area contributed by atoms with Gasteiger partial charge < -0.3 is 5.73 Å². The van der Waals surface area contributed by atoms with E-state index < -0.39 is 10.0 Å². The van der Waals surface area contributed by atoms with Crippen LogP contribution in [0.4, 0.5) is 5.69 Å². The molecular weight excluding hydrogens is 352 g/mol. The van der Waals surface area contributed by atoms with Crippen molar-refractivity contribution in [3.05, 3.63) is 58.6 Å². The molecule has 0 radical (unpaired) electrons. The van der Waals surface area contributed by atoms with E-state index in [0.29, 0.717) is 5.69 Å². The highest BCUT2D eigenvalue weighted by molar-refractivity contribution is 9.10. The van der Waals surface area contributed by atoms with E-state index >= 15 is 0 Å². The average Bonchev–Trinajstić information content (AvgIpc) is 2.45. The number of hydrogen-bond acceptors (Lipinski definition) is 3. The van der Waals surface area contributed by atoms with E-state index in [1.165, 1.54) is 4.31 Å². The second-order valence-electron chi connectivity index (χ2n) is 4.82. The van der Waals surface area contributed by atoms with Crippen molar-refractivity contribution in [3.8, 4) is 0 Å². The second-order valence-corrected chi connectivity index (χ2v) is 7.74. The Morgan fingerprint density at radius 1 is 1.14 bits per heavy atom. The Bertz CT molecular complexity index is 747. The summed E-state index contributed by atoms with van der Waals surface area (Å²) in [5, 5.41) is 0. The van der Waals surface area contributed by atoms with Crippen LogP contribution in [0.25, 0.3) is 0 Å². The summed E-state index contributed by atoms with van der Waals surface area (Å²) in [6.07, 6.45) is 0. The van der Waals surface area contributed by atoms with Gasteiger partial charge in [0.2, 0.25) is 10.0 Å². The highest BCUT2D eigenvalue weighted by atomic mass is 79.9. The number of anilines is 1. The molecule has 0 bridgehead atoms. The number of benzene rings is 2.